The van der Waals surface area contributed by atoms with Gasteiger partial charge in [-0.3, -0.25) is 10.1 Å². The minimum absolute atomic E-state index is 0.595. The Balaban J connectivity index is 2.07. The molecule has 1 aliphatic rings. The highest BCUT2D eigenvalue weighted by Crippen LogP contribution is 2.36. The molecule has 2 N–H and O–H groups in total. The summed E-state index contributed by atoms with van der Waals surface area (Å²) in [6.07, 6.45) is 3.62. The highest BCUT2D eigenvalue weighted by Gasteiger charge is 2.21. The Morgan fingerprint density at radius 3 is 2.70 bits per heavy atom. The molecule has 0 saturated heterocycles. The van der Waals surface area contributed by atoms with Gasteiger partial charge in [0.05, 0.1) is 33.8 Å². The Morgan fingerprint density at radius 1 is 1.04 bits per heavy atom. The Morgan fingerprint density at radius 2 is 1.87 bits per heavy atom. The fourth-order valence-corrected chi connectivity index (χ4v) is 3.20. The maximum absolute atomic E-state index is 6.41. The third-order valence-corrected chi connectivity index (χ3v) is 4.41. The molecule has 0 fully saturated rings. The van der Waals surface area contributed by atoms with Gasteiger partial charge in [0.1, 0.15) is 0 Å². The molecule has 0 spiro atoms. The second kappa shape index (κ2) is 5.41. The van der Waals surface area contributed by atoms with Gasteiger partial charge < -0.3 is 5.32 Å². The summed E-state index contributed by atoms with van der Waals surface area (Å²) in [5, 5.41) is 12.5. The largest absolute Gasteiger partial charge is 0.359 e. The van der Waals surface area contributed by atoms with Gasteiger partial charge in [-0.25, -0.2) is 0 Å². The number of fused-ring (bicyclic) bond motifs is 3. The van der Waals surface area contributed by atoms with E-state index in [2.05, 4.69) is 15.5 Å². The lowest BCUT2D eigenvalue weighted by molar-refractivity contribution is 1.12. The summed E-state index contributed by atoms with van der Waals surface area (Å²) in [6, 6.07) is 9.54. The molecule has 0 radical (unpaired) electrons. The summed E-state index contributed by atoms with van der Waals surface area (Å²) in [5.41, 5.74) is 5.10. The van der Waals surface area contributed by atoms with E-state index >= 15 is 0 Å². The van der Waals surface area contributed by atoms with E-state index in [9.17, 15) is 0 Å². The molecule has 6 heteroatoms. The molecule has 0 saturated carbocycles. The van der Waals surface area contributed by atoms with Crippen LogP contribution in [-0.2, 0) is 0 Å². The molecule has 0 amide bonds. The van der Waals surface area contributed by atoms with Crippen molar-refractivity contribution in [3.63, 3.8) is 0 Å². The molecule has 1 aromatic heterocycles. The van der Waals surface area contributed by atoms with Crippen LogP contribution in [0.15, 0.2) is 53.4 Å². The zero-order valence-corrected chi connectivity index (χ0v) is 13.7. The first-order chi connectivity index (χ1) is 11.1. The molecule has 0 unspecified atom stereocenters. The molecule has 0 atom stereocenters. The standard InChI is InChI=1S/C17H12Cl2N4/c1-9-7-20-15-11(6-14(19)17-12(15)8-21-23-17)16(22-9)10-4-2-3-5-13(10)18/h2-8,20H,1H3,(H,21,23). The number of allylic oxidation sites excluding steroid dienone is 1. The fourth-order valence-electron chi connectivity index (χ4n) is 2.72. The third-order valence-electron chi connectivity index (χ3n) is 3.79. The summed E-state index contributed by atoms with van der Waals surface area (Å²) in [4.78, 5) is 4.72. The maximum Gasteiger partial charge on any atom is 0.0857 e. The SMILES string of the molecule is CC1=CNc2c(cc(Cl)c3[nH]ncc23)C(c2ccccc2Cl)=N1. The average molecular weight is 343 g/mol. The van der Waals surface area contributed by atoms with Gasteiger partial charge >= 0.3 is 0 Å². The highest BCUT2D eigenvalue weighted by molar-refractivity contribution is 6.39. The summed E-state index contributed by atoms with van der Waals surface area (Å²) in [7, 11) is 0. The number of H-pyrrole nitrogens is 1. The summed E-state index contributed by atoms with van der Waals surface area (Å²) < 4.78 is 0. The molecule has 4 nitrogen and oxygen atoms in total. The third kappa shape index (κ3) is 2.31. The van der Waals surface area contributed by atoms with Crippen LogP contribution < -0.4 is 5.32 Å². The van der Waals surface area contributed by atoms with Crippen LogP contribution in [0.1, 0.15) is 18.1 Å². The summed E-state index contributed by atoms with van der Waals surface area (Å²) >= 11 is 12.8. The van der Waals surface area contributed by atoms with Crippen molar-refractivity contribution in [2.24, 2.45) is 4.99 Å². The molecule has 3 aromatic rings. The zero-order chi connectivity index (χ0) is 16.0. The molecular formula is C17H12Cl2N4. The first-order valence-electron chi connectivity index (χ1n) is 7.08. The second-order valence-corrected chi connectivity index (χ2v) is 6.12. The number of rotatable bonds is 1. The minimum Gasteiger partial charge on any atom is -0.359 e. The van der Waals surface area contributed by atoms with Gasteiger partial charge in [0.25, 0.3) is 0 Å². The van der Waals surface area contributed by atoms with E-state index in [4.69, 9.17) is 28.2 Å². The zero-order valence-electron chi connectivity index (χ0n) is 12.2. The Bertz CT molecular complexity index is 985. The fraction of sp³-hybridized carbons (Fsp3) is 0.0588. The number of anilines is 1. The van der Waals surface area contributed by atoms with E-state index in [1.807, 2.05) is 43.5 Å². The lowest BCUT2D eigenvalue weighted by atomic mass is 9.98. The molecule has 23 heavy (non-hydrogen) atoms. The van der Waals surface area contributed by atoms with Crippen LogP contribution in [0.3, 0.4) is 0 Å². The van der Waals surface area contributed by atoms with Gasteiger partial charge in [-0.05, 0) is 19.1 Å². The van der Waals surface area contributed by atoms with Crippen molar-refractivity contribution in [2.75, 3.05) is 5.32 Å². The van der Waals surface area contributed by atoms with Gasteiger partial charge in [0.2, 0.25) is 0 Å². The van der Waals surface area contributed by atoms with Gasteiger partial charge in [0.15, 0.2) is 0 Å². The van der Waals surface area contributed by atoms with Crippen molar-refractivity contribution in [1.82, 2.24) is 10.2 Å². The number of aromatic nitrogens is 2. The number of hydrogen-bond donors (Lipinski definition) is 2. The van der Waals surface area contributed by atoms with Crippen LogP contribution in [0, 0.1) is 0 Å². The van der Waals surface area contributed by atoms with Gasteiger partial charge in [-0.1, -0.05) is 41.4 Å². The highest BCUT2D eigenvalue weighted by atomic mass is 35.5. The van der Waals surface area contributed by atoms with E-state index in [0.29, 0.717) is 10.0 Å². The quantitative estimate of drug-likeness (QED) is 0.654. The minimum atomic E-state index is 0.595. The Kier molecular flexibility index (Phi) is 3.36. The Labute approximate surface area is 142 Å². The van der Waals surface area contributed by atoms with Crippen molar-refractivity contribution in [3.05, 3.63) is 69.6 Å². The first kappa shape index (κ1) is 14.3. The number of nitrogens with one attached hydrogen (secondary N) is 2. The molecular weight excluding hydrogens is 331 g/mol. The van der Waals surface area contributed by atoms with Crippen molar-refractivity contribution in [2.45, 2.75) is 6.92 Å². The average Bonchev–Trinajstić information content (AvgIpc) is 2.97. The van der Waals surface area contributed by atoms with Crippen LogP contribution >= 0.6 is 23.2 Å². The molecule has 1 aliphatic heterocycles. The normalized spacial score (nSPS) is 13.9. The van der Waals surface area contributed by atoms with Crippen LogP contribution in [0.5, 0.6) is 0 Å². The smallest absolute Gasteiger partial charge is 0.0857 e. The lowest BCUT2D eigenvalue weighted by Gasteiger charge is -2.13. The van der Waals surface area contributed by atoms with Crippen molar-refractivity contribution >= 4 is 45.5 Å². The number of hydrogen-bond acceptors (Lipinski definition) is 3. The molecule has 2 aromatic carbocycles. The van der Waals surface area contributed by atoms with Gasteiger partial charge in [-0.15, -0.1) is 0 Å². The number of aromatic amines is 1. The predicted molar refractivity (Wildman–Crippen MR) is 95.6 cm³/mol. The lowest BCUT2D eigenvalue weighted by Crippen LogP contribution is -2.06. The van der Waals surface area contributed by atoms with Gasteiger partial charge in [0, 0.05) is 27.7 Å². The van der Waals surface area contributed by atoms with E-state index in [1.165, 1.54) is 0 Å². The van der Waals surface area contributed by atoms with Crippen LogP contribution in [0.2, 0.25) is 10.0 Å². The van der Waals surface area contributed by atoms with Gasteiger partial charge in [-0.2, -0.15) is 5.10 Å². The molecule has 114 valence electrons. The van der Waals surface area contributed by atoms with Crippen LogP contribution in [-0.4, -0.2) is 15.9 Å². The number of nitrogens with zero attached hydrogens (tertiary/aromatic N) is 2. The molecule has 0 aliphatic carbocycles. The maximum atomic E-state index is 6.41. The number of benzene rings is 2. The van der Waals surface area contributed by atoms with Crippen LogP contribution in [0.4, 0.5) is 5.69 Å². The summed E-state index contributed by atoms with van der Waals surface area (Å²) in [5.74, 6) is 0. The van der Waals surface area contributed by atoms with Crippen molar-refractivity contribution in [1.29, 1.82) is 0 Å². The molecule has 2 heterocycles. The first-order valence-corrected chi connectivity index (χ1v) is 7.83. The van der Waals surface area contributed by atoms with E-state index in [0.717, 1.165) is 39.1 Å². The van der Waals surface area contributed by atoms with E-state index < -0.39 is 0 Å². The topological polar surface area (TPSA) is 53.1 Å². The Hall–Kier alpha value is -2.30. The van der Waals surface area contributed by atoms with Crippen molar-refractivity contribution in [3.8, 4) is 0 Å². The summed E-state index contributed by atoms with van der Waals surface area (Å²) in [6.45, 7) is 1.93. The van der Waals surface area contributed by atoms with Crippen molar-refractivity contribution < 1.29 is 0 Å². The number of aliphatic imine (C=N–C) groups is 1. The van der Waals surface area contributed by atoms with E-state index in [1.54, 1.807) is 6.20 Å². The second-order valence-electron chi connectivity index (χ2n) is 5.31. The number of halogens is 2. The molecule has 0 bridgehead atoms. The van der Waals surface area contributed by atoms with Crippen LogP contribution in [0.25, 0.3) is 10.9 Å². The molecule has 4 rings (SSSR count). The van der Waals surface area contributed by atoms with E-state index in [-0.39, 0.29) is 0 Å². The predicted octanol–water partition coefficient (Wildman–Crippen LogP) is 4.99. The monoisotopic (exact) mass is 342 g/mol.